The van der Waals surface area contributed by atoms with Crippen molar-refractivity contribution in [1.82, 2.24) is 0 Å². The zero-order valence-corrected chi connectivity index (χ0v) is 23.7. The molecule has 0 N–H and O–H groups in total. The molecule has 0 heterocycles. The number of hydrogen-bond donors (Lipinski definition) is 0. The van der Waals surface area contributed by atoms with Crippen molar-refractivity contribution in [3.8, 4) is 0 Å². The van der Waals surface area contributed by atoms with Crippen molar-refractivity contribution in [2.75, 3.05) is 0 Å². The topological polar surface area (TPSA) is 0 Å². The van der Waals surface area contributed by atoms with Gasteiger partial charge in [0.25, 0.3) is 0 Å². The minimum absolute atomic E-state index is 1.03. The van der Waals surface area contributed by atoms with Gasteiger partial charge in [-0.2, -0.15) is 0 Å². The molecule has 0 aromatic carbocycles. The monoisotopic (exact) mass is 490 g/mol. The van der Waals surface area contributed by atoms with Gasteiger partial charge in [0.15, 0.2) is 0 Å². The van der Waals surface area contributed by atoms with Gasteiger partial charge in [-0.05, 0) is 136 Å². The van der Waals surface area contributed by atoms with Gasteiger partial charge in [0.1, 0.15) is 0 Å². The highest BCUT2D eigenvalue weighted by Gasteiger charge is 2.52. The Kier molecular flexibility index (Phi) is 7.62. The number of allylic oxidation sites excluding steroid dienone is 2. The lowest BCUT2D eigenvalue weighted by molar-refractivity contribution is -0.00829. The van der Waals surface area contributed by atoms with Crippen LogP contribution in [-0.2, 0) is 0 Å². The molecule has 7 aliphatic carbocycles. The molecule has 0 aromatic rings. The fraction of sp³-hybridized carbons (Fsp3) is 0.944. The molecular formula is C36H58. The Labute approximate surface area is 224 Å². The minimum atomic E-state index is 1.03. The van der Waals surface area contributed by atoms with Crippen LogP contribution in [0, 0.1) is 59.2 Å². The SMILES string of the molecule is C1CCC(C2CCC(C3C4=C(CCCC4)C(C4CCCC5CCCCC54)C4CCCCC43)CC2)CC1. The van der Waals surface area contributed by atoms with Crippen LogP contribution in [-0.4, -0.2) is 0 Å². The largest absolute Gasteiger partial charge is 0.0670 e. The lowest BCUT2D eigenvalue weighted by atomic mass is 9.48. The normalized spacial score (nSPS) is 46.5. The zero-order chi connectivity index (χ0) is 23.9. The van der Waals surface area contributed by atoms with E-state index in [1.807, 2.05) is 0 Å². The predicted octanol–water partition coefficient (Wildman–Crippen LogP) is 10.9. The van der Waals surface area contributed by atoms with E-state index in [0.717, 1.165) is 59.2 Å². The Morgan fingerprint density at radius 1 is 0.278 bits per heavy atom. The van der Waals surface area contributed by atoms with Gasteiger partial charge in [-0.1, -0.05) is 88.2 Å². The van der Waals surface area contributed by atoms with Crippen molar-refractivity contribution in [2.24, 2.45) is 59.2 Å². The molecule has 5 saturated carbocycles. The molecule has 7 atom stereocenters. The second-order valence-electron chi connectivity index (χ2n) is 15.3. The molecule has 7 unspecified atom stereocenters. The van der Waals surface area contributed by atoms with Crippen molar-refractivity contribution >= 4 is 0 Å². The van der Waals surface area contributed by atoms with Crippen LogP contribution in [0.4, 0.5) is 0 Å². The van der Waals surface area contributed by atoms with E-state index in [-0.39, 0.29) is 0 Å². The summed E-state index contributed by atoms with van der Waals surface area (Å²) in [5.41, 5.74) is 4.27. The van der Waals surface area contributed by atoms with E-state index in [0.29, 0.717) is 0 Å². The van der Waals surface area contributed by atoms with Gasteiger partial charge in [-0.15, -0.1) is 0 Å². The van der Waals surface area contributed by atoms with E-state index in [4.69, 9.17) is 0 Å². The van der Waals surface area contributed by atoms with Gasteiger partial charge in [0.05, 0.1) is 0 Å². The zero-order valence-electron chi connectivity index (χ0n) is 23.7. The van der Waals surface area contributed by atoms with Gasteiger partial charge < -0.3 is 0 Å². The van der Waals surface area contributed by atoms with Gasteiger partial charge in [-0.3, -0.25) is 0 Å². The van der Waals surface area contributed by atoms with Crippen LogP contribution in [0.15, 0.2) is 11.1 Å². The Morgan fingerprint density at radius 2 is 0.722 bits per heavy atom. The average molecular weight is 491 g/mol. The van der Waals surface area contributed by atoms with Crippen molar-refractivity contribution in [1.29, 1.82) is 0 Å². The fourth-order valence-corrected chi connectivity index (χ4v) is 12.5. The summed E-state index contributed by atoms with van der Waals surface area (Å²) < 4.78 is 0. The summed E-state index contributed by atoms with van der Waals surface area (Å²) in [6.45, 7) is 0. The molecule has 0 amide bonds. The predicted molar refractivity (Wildman–Crippen MR) is 153 cm³/mol. The number of hydrogen-bond acceptors (Lipinski definition) is 0. The molecule has 0 heteroatoms. The van der Waals surface area contributed by atoms with E-state index in [2.05, 4.69) is 11.1 Å². The third-order valence-electron chi connectivity index (χ3n) is 13.9. The molecule has 0 aromatic heterocycles. The molecule has 5 fully saturated rings. The first-order valence-electron chi connectivity index (χ1n) is 17.6. The van der Waals surface area contributed by atoms with Gasteiger partial charge >= 0.3 is 0 Å². The third-order valence-corrected chi connectivity index (χ3v) is 13.9. The maximum Gasteiger partial charge on any atom is -0.0138 e. The van der Waals surface area contributed by atoms with Crippen molar-refractivity contribution in [3.63, 3.8) is 0 Å². The van der Waals surface area contributed by atoms with Crippen LogP contribution in [0.5, 0.6) is 0 Å². The standard InChI is InChI=1S/C36H58/c1-2-11-25(12-3-1)26-21-23-28(24-22-26)35-31-16-6-8-18-33(31)36(34-19-9-7-17-32(34)35)30-20-10-14-27-13-4-5-15-29(27)30/h25-31,33,35-36H,1-24H2. The van der Waals surface area contributed by atoms with Crippen molar-refractivity contribution in [3.05, 3.63) is 11.1 Å². The second kappa shape index (κ2) is 11.1. The first kappa shape index (κ1) is 24.8. The molecule has 0 bridgehead atoms. The highest BCUT2D eigenvalue weighted by molar-refractivity contribution is 5.30. The Balaban J connectivity index is 1.17. The Bertz CT molecular complexity index is 759. The van der Waals surface area contributed by atoms with Crippen LogP contribution in [0.2, 0.25) is 0 Å². The van der Waals surface area contributed by atoms with Crippen LogP contribution in [0.1, 0.15) is 154 Å². The summed E-state index contributed by atoms with van der Waals surface area (Å²) in [7, 11) is 0. The molecule has 0 radical (unpaired) electrons. The van der Waals surface area contributed by atoms with Crippen molar-refractivity contribution in [2.45, 2.75) is 154 Å². The van der Waals surface area contributed by atoms with Crippen molar-refractivity contribution < 1.29 is 0 Å². The Hall–Kier alpha value is -0.260. The first-order valence-corrected chi connectivity index (χ1v) is 17.6. The summed E-state index contributed by atoms with van der Waals surface area (Å²) >= 11 is 0. The van der Waals surface area contributed by atoms with E-state index in [1.54, 1.807) is 109 Å². The van der Waals surface area contributed by atoms with Crippen LogP contribution < -0.4 is 0 Å². The number of fused-ring (bicyclic) bond motifs is 2. The highest BCUT2D eigenvalue weighted by Crippen LogP contribution is 2.62. The molecule has 36 heavy (non-hydrogen) atoms. The summed E-state index contributed by atoms with van der Waals surface area (Å²) in [4.78, 5) is 0. The first-order chi connectivity index (χ1) is 17.9. The molecule has 0 aliphatic heterocycles. The lowest BCUT2D eigenvalue weighted by Gasteiger charge is -2.57. The number of rotatable bonds is 3. The van der Waals surface area contributed by atoms with E-state index < -0.39 is 0 Å². The van der Waals surface area contributed by atoms with E-state index in [1.165, 1.54) is 44.9 Å². The molecule has 0 nitrogen and oxygen atoms in total. The maximum atomic E-state index is 2.14. The summed E-state index contributed by atoms with van der Waals surface area (Å²) in [6, 6.07) is 0. The third kappa shape index (κ3) is 4.59. The quantitative estimate of drug-likeness (QED) is 0.345. The molecule has 202 valence electrons. The molecule has 7 aliphatic rings. The van der Waals surface area contributed by atoms with Crippen LogP contribution in [0.25, 0.3) is 0 Å². The van der Waals surface area contributed by atoms with Gasteiger partial charge in [0, 0.05) is 0 Å². The van der Waals surface area contributed by atoms with Crippen LogP contribution in [0.3, 0.4) is 0 Å². The molecule has 7 rings (SSSR count). The summed E-state index contributed by atoms with van der Waals surface area (Å²) in [5, 5.41) is 0. The maximum absolute atomic E-state index is 2.14. The average Bonchev–Trinajstić information content (AvgIpc) is 2.96. The molecular weight excluding hydrogens is 432 g/mol. The van der Waals surface area contributed by atoms with E-state index in [9.17, 15) is 0 Å². The van der Waals surface area contributed by atoms with Gasteiger partial charge in [0.2, 0.25) is 0 Å². The fourth-order valence-electron chi connectivity index (χ4n) is 12.5. The van der Waals surface area contributed by atoms with Crippen LogP contribution >= 0.6 is 0 Å². The molecule has 0 saturated heterocycles. The van der Waals surface area contributed by atoms with Gasteiger partial charge in [-0.25, -0.2) is 0 Å². The van der Waals surface area contributed by atoms with E-state index >= 15 is 0 Å². The summed E-state index contributed by atoms with van der Waals surface area (Å²) in [5.74, 6) is 10.8. The molecule has 0 spiro atoms. The Morgan fingerprint density at radius 3 is 1.47 bits per heavy atom. The second-order valence-corrected chi connectivity index (χ2v) is 15.3. The smallest absolute Gasteiger partial charge is 0.0138 e. The lowest BCUT2D eigenvalue weighted by Crippen LogP contribution is -2.48. The summed E-state index contributed by atoms with van der Waals surface area (Å²) in [6.07, 6.45) is 37.6. The highest BCUT2D eigenvalue weighted by atomic mass is 14.6. The minimum Gasteiger partial charge on any atom is -0.0670 e.